The van der Waals surface area contributed by atoms with Crippen molar-refractivity contribution in [1.29, 1.82) is 0 Å². The second-order valence-electron chi connectivity index (χ2n) is 24.2. The van der Waals surface area contributed by atoms with E-state index < -0.39 is 12.1 Å². The van der Waals surface area contributed by atoms with Crippen LogP contribution in [0.2, 0.25) is 0 Å². The molecule has 0 aliphatic carbocycles. The molecule has 0 heterocycles. The van der Waals surface area contributed by atoms with Gasteiger partial charge in [-0.1, -0.05) is 352 Å². The van der Waals surface area contributed by atoms with E-state index in [-0.39, 0.29) is 18.5 Å². The minimum absolute atomic E-state index is 0.00101. The van der Waals surface area contributed by atoms with Gasteiger partial charge in [0.1, 0.15) is 0 Å². The number of nitrogens with one attached hydrogen (secondary N) is 1. The molecular weight excluding hydrogens is 959 g/mol. The number of aliphatic hydroxyl groups excluding tert-OH is 2. The lowest BCUT2D eigenvalue weighted by Crippen LogP contribution is -2.45. The van der Waals surface area contributed by atoms with Crippen molar-refractivity contribution in [2.75, 3.05) is 13.2 Å². The fraction of sp³-hybridized carbons (Fsp3) is 0.889. The highest BCUT2D eigenvalue weighted by atomic mass is 16.5. The van der Waals surface area contributed by atoms with E-state index in [0.717, 1.165) is 51.4 Å². The van der Waals surface area contributed by atoms with Crippen molar-refractivity contribution in [3.63, 3.8) is 0 Å². The van der Waals surface area contributed by atoms with E-state index in [1.54, 1.807) is 6.08 Å². The van der Waals surface area contributed by atoms with E-state index >= 15 is 0 Å². The van der Waals surface area contributed by atoms with Gasteiger partial charge in [0.15, 0.2) is 0 Å². The molecule has 0 radical (unpaired) electrons. The highest BCUT2D eigenvalue weighted by molar-refractivity contribution is 5.76. The number of aliphatic hydroxyl groups is 2. The lowest BCUT2D eigenvalue weighted by atomic mass is 10.0. The maximum atomic E-state index is 12.5. The third kappa shape index (κ3) is 63.3. The summed E-state index contributed by atoms with van der Waals surface area (Å²) in [6, 6.07) is -0.628. The predicted octanol–water partition coefficient (Wildman–Crippen LogP) is 22.7. The first kappa shape index (κ1) is 76.1. The summed E-state index contributed by atoms with van der Waals surface area (Å²) < 4.78 is 5.48. The molecule has 0 fully saturated rings. The van der Waals surface area contributed by atoms with Crippen molar-refractivity contribution in [2.45, 2.75) is 398 Å². The van der Waals surface area contributed by atoms with Crippen LogP contribution < -0.4 is 5.32 Å². The summed E-state index contributed by atoms with van der Waals surface area (Å²) in [5.74, 6) is -0.0614. The van der Waals surface area contributed by atoms with Crippen molar-refractivity contribution in [3.8, 4) is 0 Å². The normalized spacial score (nSPS) is 12.7. The highest BCUT2D eigenvalue weighted by Crippen LogP contribution is 2.19. The van der Waals surface area contributed by atoms with Gasteiger partial charge < -0.3 is 20.3 Å². The molecule has 0 aromatic heterocycles. The molecule has 460 valence electrons. The summed E-state index contributed by atoms with van der Waals surface area (Å²) in [6.45, 7) is 4.87. The van der Waals surface area contributed by atoms with Crippen LogP contribution in [0.4, 0.5) is 0 Å². The van der Waals surface area contributed by atoms with Gasteiger partial charge in [0.25, 0.3) is 0 Å². The van der Waals surface area contributed by atoms with Crippen LogP contribution in [-0.2, 0) is 14.3 Å². The van der Waals surface area contributed by atoms with E-state index in [0.29, 0.717) is 19.4 Å². The Bertz CT molecular complexity index is 1260. The van der Waals surface area contributed by atoms with Crippen molar-refractivity contribution < 1.29 is 24.5 Å². The Balaban J connectivity index is 3.40. The Hall–Kier alpha value is -1.92. The van der Waals surface area contributed by atoms with E-state index in [1.165, 1.54) is 308 Å². The lowest BCUT2D eigenvalue weighted by Gasteiger charge is -2.20. The van der Waals surface area contributed by atoms with Crippen LogP contribution in [0.1, 0.15) is 386 Å². The Kier molecular flexibility index (Phi) is 65.9. The summed E-state index contributed by atoms with van der Waals surface area (Å²) in [4.78, 5) is 24.6. The standard InChI is InChI=1S/C72H137NO5/c1-3-5-7-9-11-13-15-17-18-19-20-21-25-28-31-34-37-41-44-48-52-56-60-64-70(75)69(68-74)73-71(76)65-61-57-53-49-45-42-38-35-32-29-26-23-22-24-27-30-33-36-39-43-47-51-55-59-63-67-78-72(77)66-62-58-54-50-46-40-16-14-12-10-8-6-4-2/h8,10,14,16,60,64,69-70,74-75H,3-7,9,11-13,15,17-59,61-63,65-68H2,1-2H3,(H,73,76)/b10-8-,16-14-,64-60+. The zero-order valence-corrected chi connectivity index (χ0v) is 52.7. The fourth-order valence-electron chi connectivity index (χ4n) is 11.0. The summed E-state index contributed by atoms with van der Waals surface area (Å²) in [7, 11) is 0. The van der Waals surface area contributed by atoms with E-state index in [2.05, 4.69) is 43.5 Å². The number of esters is 1. The van der Waals surface area contributed by atoms with Crippen molar-refractivity contribution in [1.82, 2.24) is 5.32 Å². The number of amides is 1. The Labute approximate surface area is 487 Å². The zero-order valence-electron chi connectivity index (χ0n) is 52.7. The first-order chi connectivity index (χ1) is 38.5. The Morgan fingerprint density at radius 3 is 1.03 bits per heavy atom. The number of ether oxygens (including phenoxy) is 1. The highest BCUT2D eigenvalue weighted by Gasteiger charge is 2.18. The molecule has 6 heteroatoms. The quantitative estimate of drug-likeness (QED) is 0.0320. The molecule has 0 bridgehead atoms. The molecule has 0 aromatic carbocycles. The number of carbonyl (C=O) groups excluding carboxylic acids is 2. The van der Waals surface area contributed by atoms with Crippen molar-refractivity contribution >= 4 is 11.9 Å². The third-order valence-corrected chi connectivity index (χ3v) is 16.4. The summed E-state index contributed by atoms with van der Waals surface area (Å²) in [5.41, 5.74) is 0. The lowest BCUT2D eigenvalue weighted by molar-refractivity contribution is -0.143. The number of carbonyl (C=O) groups is 2. The molecule has 0 saturated heterocycles. The van der Waals surface area contributed by atoms with Crippen LogP contribution in [0.15, 0.2) is 36.5 Å². The molecule has 0 aliphatic heterocycles. The number of unbranched alkanes of at least 4 members (excludes halogenated alkanes) is 51. The van der Waals surface area contributed by atoms with Crippen LogP contribution in [0.25, 0.3) is 0 Å². The topological polar surface area (TPSA) is 95.9 Å². The van der Waals surface area contributed by atoms with Crippen LogP contribution in [-0.4, -0.2) is 47.4 Å². The van der Waals surface area contributed by atoms with Gasteiger partial charge >= 0.3 is 5.97 Å². The Morgan fingerprint density at radius 2 is 0.667 bits per heavy atom. The summed E-state index contributed by atoms with van der Waals surface area (Å²) in [6.07, 6.45) is 86.5. The average molecular weight is 1100 g/mol. The minimum Gasteiger partial charge on any atom is -0.466 e. The van der Waals surface area contributed by atoms with Crippen molar-refractivity contribution in [3.05, 3.63) is 36.5 Å². The zero-order chi connectivity index (χ0) is 56.4. The molecule has 2 unspecified atom stereocenters. The summed E-state index contributed by atoms with van der Waals surface area (Å²) >= 11 is 0. The second-order valence-corrected chi connectivity index (χ2v) is 24.2. The molecule has 2 atom stereocenters. The van der Waals surface area contributed by atoms with Gasteiger partial charge in [-0.25, -0.2) is 0 Å². The average Bonchev–Trinajstić information content (AvgIpc) is 3.44. The Morgan fingerprint density at radius 1 is 0.359 bits per heavy atom. The monoisotopic (exact) mass is 1100 g/mol. The largest absolute Gasteiger partial charge is 0.466 e. The van der Waals surface area contributed by atoms with Gasteiger partial charge in [-0.2, -0.15) is 0 Å². The van der Waals surface area contributed by atoms with Gasteiger partial charge in [0.2, 0.25) is 5.91 Å². The first-order valence-corrected chi connectivity index (χ1v) is 35.3. The van der Waals surface area contributed by atoms with Gasteiger partial charge in [0.05, 0.1) is 25.4 Å². The van der Waals surface area contributed by atoms with Crippen LogP contribution >= 0.6 is 0 Å². The van der Waals surface area contributed by atoms with E-state index in [1.807, 2.05) is 6.08 Å². The fourth-order valence-corrected chi connectivity index (χ4v) is 11.0. The molecule has 0 saturated carbocycles. The van der Waals surface area contributed by atoms with Crippen LogP contribution in [0.3, 0.4) is 0 Å². The molecular formula is C72H137NO5. The molecule has 0 aliphatic rings. The third-order valence-electron chi connectivity index (χ3n) is 16.4. The molecule has 6 nitrogen and oxygen atoms in total. The number of rotatable bonds is 66. The van der Waals surface area contributed by atoms with Gasteiger partial charge in [0, 0.05) is 12.8 Å². The molecule has 78 heavy (non-hydrogen) atoms. The molecule has 1 amide bonds. The number of hydrogen-bond acceptors (Lipinski definition) is 5. The van der Waals surface area contributed by atoms with Gasteiger partial charge in [-0.3, -0.25) is 9.59 Å². The van der Waals surface area contributed by atoms with E-state index in [4.69, 9.17) is 4.74 Å². The number of hydrogen-bond donors (Lipinski definition) is 3. The van der Waals surface area contributed by atoms with Crippen molar-refractivity contribution in [2.24, 2.45) is 0 Å². The first-order valence-electron chi connectivity index (χ1n) is 35.3. The molecule has 0 rings (SSSR count). The van der Waals surface area contributed by atoms with E-state index in [9.17, 15) is 19.8 Å². The maximum Gasteiger partial charge on any atom is 0.305 e. The molecule has 0 spiro atoms. The smallest absolute Gasteiger partial charge is 0.305 e. The van der Waals surface area contributed by atoms with Gasteiger partial charge in [-0.15, -0.1) is 0 Å². The molecule has 0 aromatic rings. The summed E-state index contributed by atoms with van der Waals surface area (Å²) in [5, 5.41) is 23.3. The van der Waals surface area contributed by atoms with Crippen LogP contribution in [0.5, 0.6) is 0 Å². The predicted molar refractivity (Wildman–Crippen MR) is 343 cm³/mol. The molecule has 3 N–H and O–H groups in total. The SMILES string of the molecule is CCC/C=C\C/C=C\CCCCCCCC(=O)OCCCCCCCCCCCCCCCCCCCCCCCCCCCC(=O)NC(CO)C(O)/C=C/CCCCCCCCCCCCCCCCCCCCCCC. The maximum absolute atomic E-state index is 12.5. The second kappa shape index (κ2) is 67.6. The minimum atomic E-state index is -0.845. The number of allylic oxidation sites excluding steroid dienone is 5. The van der Waals surface area contributed by atoms with Crippen LogP contribution in [0, 0.1) is 0 Å². The van der Waals surface area contributed by atoms with Gasteiger partial charge in [-0.05, 0) is 57.8 Å².